The Morgan fingerprint density at radius 1 is 1.06 bits per heavy atom. The molecule has 0 heterocycles. The molecule has 0 saturated heterocycles. The van der Waals surface area contributed by atoms with E-state index in [2.05, 4.69) is 44.8 Å². The molecule has 0 fully saturated rings. The molecule has 104 valence electrons. The smallest absolute Gasteiger partial charge is 0.0589 e. The number of hydrogen-bond donors (Lipinski definition) is 1. The highest BCUT2D eigenvalue weighted by Gasteiger charge is 2.18. The topological polar surface area (TPSA) is 24.5 Å². The monoisotopic (exact) mass is 244 g/mol. The highest BCUT2D eigenvalue weighted by atomic mass is 16.5. The van der Waals surface area contributed by atoms with Crippen LogP contribution in [0.15, 0.2) is 0 Å². The summed E-state index contributed by atoms with van der Waals surface area (Å²) in [5, 5.41) is 3.54. The second-order valence-electron chi connectivity index (χ2n) is 5.39. The third-order valence-electron chi connectivity index (χ3n) is 3.27. The van der Waals surface area contributed by atoms with Gasteiger partial charge in [0.15, 0.2) is 0 Å². The molecule has 2 atom stereocenters. The van der Waals surface area contributed by atoms with E-state index in [0.29, 0.717) is 12.1 Å². The minimum Gasteiger partial charge on any atom is -0.383 e. The van der Waals surface area contributed by atoms with Crippen LogP contribution in [0.2, 0.25) is 0 Å². The fourth-order valence-electron chi connectivity index (χ4n) is 2.00. The van der Waals surface area contributed by atoms with E-state index in [9.17, 15) is 0 Å². The number of rotatable bonds is 10. The highest BCUT2D eigenvalue weighted by Crippen LogP contribution is 2.08. The number of nitrogens with one attached hydrogen (secondary N) is 1. The zero-order valence-corrected chi connectivity index (χ0v) is 12.6. The van der Waals surface area contributed by atoms with Crippen molar-refractivity contribution in [3.05, 3.63) is 0 Å². The Morgan fingerprint density at radius 3 is 2.18 bits per heavy atom. The molecule has 0 aliphatic rings. The van der Waals surface area contributed by atoms with Crippen molar-refractivity contribution >= 4 is 0 Å². The van der Waals surface area contributed by atoms with Gasteiger partial charge in [-0.15, -0.1) is 0 Å². The first kappa shape index (κ1) is 16.9. The van der Waals surface area contributed by atoms with Gasteiger partial charge in [-0.3, -0.25) is 4.90 Å². The lowest BCUT2D eigenvalue weighted by molar-refractivity contribution is 0.0933. The van der Waals surface area contributed by atoms with E-state index in [1.165, 1.54) is 6.42 Å². The van der Waals surface area contributed by atoms with Gasteiger partial charge in [-0.1, -0.05) is 20.8 Å². The van der Waals surface area contributed by atoms with Gasteiger partial charge in [0.25, 0.3) is 0 Å². The lowest BCUT2D eigenvalue weighted by Crippen LogP contribution is -2.47. The molecule has 1 N–H and O–H groups in total. The molecule has 0 aromatic rings. The second kappa shape index (κ2) is 9.86. The minimum absolute atomic E-state index is 0.568. The summed E-state index contributed by atoms with van der Waals surface area (Å²) in [6.45, 7) is 15.3. The maximum atomic E-state index is 5.20. The average molecular weight is 244 g/mol. The van der Waals surface area contributed by atoms with Crippen molar-refractivity contribution in [2.75, 3.05) is 33.4 Å². The molecule has 0 radical (unpaired) electrons. The van der Waals surface area contributed by atoms with Crippen molar-refractivity contribution in [3.63, 3.8) is 0 Å². The Labute approximate surface area is 108 Å². The van der Waals surface area contributed by atoms with Crippen molar-refractivity contribution < 1.29 is 4.74 Å². The maximum absolute atomic E-state index is 5.20. The van der Waals surface area contributed by atoms with Gasteiger partial charge in [-0.05, 0) is 32.7 Å². The molecule has 0 aliphatic heterocycles. The van der Waals surface area contributed by atoms with Gasteiger partial charge in [0, 0.05) is 32.3 Å². The van der Waals surface area contributed by atoms with Gasteiger partial charge in [0.2, 0.25) is 0 Å². The SMILES string of the molecule is CCC(C)N(CCOC)C(C)CNCC(C)C. The van der Waals surface area contributed by atoms with E-state index in [0.717, 1.165) is 32.2 Å². The van der Waals surface area contributed by atoms with Crippen LogP contribution in [0.1, 0.15) is 41.0 Å². The zero-order chi connectivity index (χ0) is 13.3. The summed E-state index contributed by atoms with van der Waals surface area (Å²) < 4.78 is 5.20. The Balaban J connectivity index is 4.07. The van der Waals surface area contributed by atoms with Crippen molar-refractivity contribution in [2.24, 2.45) is 5.92 Å². The van der Waals surface area contributed by atoms with Gasteiger partial charge in [-0.2, -0.15) is 0 Å². The Bertz CT molecular complexity index is 174. The fourth-order valence-corrected chi connectivity index (χ4v) is 2.00. The van der Waals surface area contributed by atoms with Crippen LogP contribution in [-0.4, -0.2) is 50.3 Å². The Morgan fingerprint density at radius 2 is 1.71 bits per heavy atom. The number of methoxy groups -OCH3 is 1. The van der Waals surface area contributed by atoms with Gasteiger partial charge >= 0.3 is 0 Å². The first-order chi connectivity index (χ1) is 8.02. The number of ether oxygens (including phenoxy) is 1. The van der Waals surface area contributed by atoms with Crippen LogP contribution in [0.5, 0.6) is 0 Å². The Hall–Kier alpha value is -0.120. The molecule has 0 aliphatic carbocycles. The van der Waals surface area contributed by atoms with Crippen molar-refractivity contribution in [2.45, 2.75) is 53.1 Å². The predicted octanol–water partition coefficient (Wildman–Crippen LogP) is 2.37. The molecule has 0 saturated carbocycles. The van der Waals surface area contributed by atoms with E-state index >= 15 is 0 Å². The maximum Gasteiger partial charge on any atom is 0.0589 e. The summed E-state index contributed by atoms with van der Waals surface area (Å²) in [4.78, 5) is 2.54. The third-order valence-corrected chi connectivity index (χ3v) is 3.27. The first-order valence-electron chi connectivity index (χ1n) is 6.98. The lowest BCUT2D eigenvalue weighted by atomic mass is 10.1. The molecule has 17 heavy (non-hydrogen) atoms. The van der Waals surface area contributed by atoms with E-state index in [4.69, 9.17) is 4.74 Å². The second-order valence-corrected chi connectivity index (χ2v) is 5.39. The first-order valence-corrected chi connectivity index (χ1v) is 6.98. The molecule has 3 nitrogen and oxygen atoms in total. The molecule has 0 rings (SSSR count). The fraction of sp³-hybridized carbons (Fsp3) is 1.00. The Kier molecular flexibility index (Phi) is 9.79. The van der Waals surface area contributed by atoms with Crippen LogP contribution in [0.4, 0.5) is 0 Å². The molecule has 0 spiro atoms. The van der Waals surface area contributed by atoms with Gasteiger partial charge in [0.1, 0.15) is 0 Å². The van der Waals surface area contributed by atoms with Crippen LogP contribution in [0.3, 0.4) is 0 Å². The molecule has 3 heteroatoms. The molecule has 0 aromatic heterocycles. The van der Waals surface area contributed by atoms with Crippen molar-refractivity contribution in [1.82, 2.24) is 10.2 Å². The van der Waals surface area contributed by atoms with E-state index < -0.39 is 0 Å². The molecule has 0 bridgehead atoms. The standard InChI is InChI=1S/C14H32N2O/c1-7-13(4)16(8-9-17-6)14(5)11-15-10-12(2)3/h12-15H,7-11H2,1-6H3. The largest absolute Gasteiger partial charge is 0.383 e. The lowest BCUT2D eigenvalue weighted by Gasteiger charge is -2.34. The summed E-state index contributed by atoms with van der Waals surface area (Å²) in [7, 11) is 1.77. The summed E-state index contributed by atoms with van der Waals surface area (Å²) >= 11 is 0. The summed E-state index contributed by atoms with van der Waals surface area (Å²) in [6.07, 6.45) is 1.19. The predicted molar refractivity (Wildman–Crippen MR) is 75.5 cm³/mol. The van der Waals surface area contributed by atoms with E-state index in [-0.39, 0.29) is 0 Å². The summed E-state index contributed by atoms with van der Waals surface area (Å²) in [5.41, 5.74) is 0. The van der Waals surface area contributed by atoms with Crippen LogP contribution >= 0.6 is 0 Å². The van der Waals surface area contributed by atoms with Gasteiger partial charge < -0.3 is 10.1 Å². The quantitative estimate of drug-likeness (QED) is 0.638. The zero-order valence-electron chi connectivity index (χ0n) is 12.6. The van der Waals surface area contributed by atoms with Crippen molar-refractivity contribution in [1.29, 1.82) is 0 Å². The average Bonchev–Trinajstić information content (AvgIpc) is 2.28. The van der Waals surface area contributed by atoms with Crippen LogP contribution in [-0.2, 0) is 4.74 Å². The number of hydrogen-bond acceptors (Lipinski definition) is 3. The van der Waals surface area contributed by atoms with E-state index in [1.807, 2.05) is 0 Å². The summed E-state index contributed by atoms with van der Waals surface area (Å²) in [5.74, 6) is 0.721. The molecular weight excluding hydrogens is 212 g/mol. The summed E-state index contributed by atoms with van der Waals surface area (Å²) in [6, 6.07) is 1.19. The van der Waals surface area contributed by atoms with Crippen molar-refractivity contribution in [3.8, 4) is 0 Å². The molecular formula is C14H32N2O. The minimum atomic E-state index is 0.568. The highest BCUT2D eigenvalue weighted by molar-refractivity contribution is 4.74. The molecule has 2 unspecified atom stereocenters. The van der Waals surface area contributed by atoms with E-state index in [1.54, 1.807) is 7.11 Å². The molecule has 0 aromatic carbocycles. The normalized spacial score (nSPS) is 15.5. The third kappa shape index (κ3) is 7.74. The van der Waals surface area contributed by atoms with Crippen LogP contribution in [0.25, 0.3) is 0 Å². The number of nitrogens with zero attached hydrogens (tertiary/aromatic N) is 1. The van der Waals surface area contributed by atoms with Gasteiger partial charge in [-0.25, -0.2) is 0 Å². The van der Waals surface area contributed by atoms with Crippen LogP contribution in [0, 0.1) is 5.92 Å². The van der Waals surface area contributed by atoms with Gasteiger partial charge in [0.05, 0.1) is 6.61 Å². The molecule has 0 amide bonds. The van der Waals surface area contributed by atoms with Crippen LogP contribution < -0.4 is 5.32 Å².